The second-order valence-corrected chi connectivity index (χ2v) is 4.77. The lowest BCUT2D eigenvalue weighted by Crippen LogP contribution is -2.38. The van der Waals surface area contributed by atoms with Crippen LogP contribution < -0.4 is 4.90 Å². The van der Waals surface area contributed by atoms with Crippen molar-refractivity contribution >= 4 is 27.6 Å². The number of nitrogens with zero attached hydrogens (tertiary/aromatic N) is 2. The van der Waals surface area contributed by atoms with Crippen LogP contribution in [0, 0.1) is 0 Å². The number of benzene rings is 1. The van der Waals surface area contributed by atoms with Crippen LogP contribution in [0.5, 0.6) is 0 Å². The summed E-state index contributed by atoms with van der Waals surface area (Å²) in [6.45, 7) is 0.781. The molecule has 2 rings (SSSR count). The standard InChI is InChI=1S/C11H13BrN2O/c1-13(2)11(15)14-6-5-8-7-9(12)3-4-10(8)14/h3-4,7H,5-6H2,1-2H3. The van der Waals surface area contributed by atoms with E-state index in [2.05, 4.69) is 22.0 Å². The van der Waals surface area contributed by atoms with Gasteiger partial charge in [-0.3, -0.25) is 4.90 Å². The van der Waals surface area contributed by atoms with Crippen LogP contribution in [-0.2, 0) is 6.42 Å². The normalized spacial score (nSPS) is 13.9. The van der Waals surface area contributed by atoms with E-state index in [-0.39, 0.29) is 6.03 Å². The zero-order valence-electron chi connectivity index (χ0n) is 8.83. The minimum Gasteiger partial charge on any atom is -0.330 e. The highest BCUT2D eigenvalue weighted by molar-refractivity contribution is 9.10. The van der Waals surface area contributed by atoms with Crippen molar-refractivity contribution in [3.63, 3.8) is 0 Å². The number of urea groups is 1. The van der Waals surface area contributed by atoms with Gasteiger partial charge in [0, 0.05) is 30.8 Å². The maximum atomic E-state index is 11.8. The van der Waals surface area contributed by atoms with Gasteiger partial charge < -0.3 is 4.90 Å². The lowest BCUT2D eigenvalue weighted by molar-refractivity contribution is 0.224. The van der Waals surface area contributed by atoms with E-state index < -0.39 is 0 Å². The first kappa shape index (κ1) is 10.5. The van der Waals surface area contributed by atoms with Crippen molar-refractivity contribution in [3.05, 3.63) is 28.2 Å². The third-order valence-electron chi connectivity index (χ3n) is 2.55. The molecule has 1 heterocycles. The van der Waals surface area contributed by atoms with Gasteiger partial charge in [0.15, 0.2) is 0 Å². The highest BCUT2D eigenvalue weighted by atomic mass is 79.9. The molecule has 0 bridgehead atoms. The van der Waals surface area contributed by atoms with Gasteiger partial charge in [0.2, 0.25) is 0 Å². The topological polar surface area (TPSA) is 23.6 Å². The molecule has 0 unspecified atom stereocenters. The molecule has 0 fully saturated rings. The highest BCUT2D eigenvalue weighted by Crippen LogP contribution is 2.30. The van der Waals surface area contributed by atoms with E-state index in [9.17, 15) is 4.79 Å². The van der Waals surface area contributed by atoms with Crippen molar-refractivity contribution < 1.29 is 4.79 Å². The number of rotatable bonds is 0. The maximum Gasteiger partial charge on any atom is 0.323 e. The van der Waals surface area contributed by atoms with Crippen molar-refractivity contribution in [1.82, 2.24) is 4.90 Å². The molecule has 15 heavy (non-hydrogen) atoms. The smallest absolute Gasteiger partial charge is 0.323 e. The SMILES string of the molecule is CN(C)C(=O)N1CCc2cc(Br)ccc21. The summed E-state index contributed by atoms with van der Waals surface area (Å²) in [6.07, 6.45) is 0.939. The molecule has 0 aliphatic carbocycles. The zero-order chi connectivity index (χ0) is 11.0. The second kappa shape index (κ2) is 3.85. The summed E-state index contributed by atoms with van der Waals surface area (Å²) in [5.41, 5.74) is 2.27. The second-order valence-electron chi connectivity index (χ2n) is 3.85. The number of fused-ring (bicyclic) bond motifs is 1. The summed E-state index contributed by atoms with van der Waals surface area (Å²) in [4.78, 5) is 15.3. The lowest BCUT2D eigenvalue weighted by Gasteiger charge is -2.21. The van der Waals surface area contributed by atoms with Gasteiger partial charge in [-0.25, -0.2) is 4.79 Å². The predicted molar refractivity (Wildman–Crippen MR) is 64.3 cm³/mol. The van der Waals surface area contributed by atoms with Gasteiger partial charge in [-0.1, -0.05) is 15.9 Å². The fourth-order valence-corrected chi connectivity index (χ4v) is 2.22. The maximum absolute atomic E-state index is 11.8. The van der Waals surface area contributed by atoms with E-state index in [1.807, 2.05) is 17.0 Å². The molecule has 80 valence electrons. The van der Waals surface area contributed by atoms with Gasteiger partial charge >= 0.3 is 6.03 Å². The van der Waals surface area contributed by atoms with Gasteiger partial charge in [0.05, 0.1) is 0 Å². The average molecular weight is 269 g/mol. The van der Waals surface area contributed by atoms with Gasteiger partial charge in [-0.2, -0.15) is 0 Å². The molecular formula is C11H13BrN2O. The molecule has 0 radical (unpaired) electrons. The van der Waals surface area contributed by atoms with E-state index in [0.29, 0.717) is 0 Å². The largest absolute Gasteiger partial charge is 0.330 e. The molecule has 1 aliphatic rings. The number of anilines is 1. The molecule has 4 heteroatoms. The predicted octanol–water partition coefficient (Wildman–Crippen LogP) is 2.49. The Bertz CT molecular complexity index is 404. The number of carbonyl (C=O) groups excluding carboxylic acids is 1. The fourth-order valence-electron chi connectivity index (χ4n) is 1.81. The van der Waals surface area contributed by atoms with Crippen LogP contribution >= 0.6 is 15.9 Å². The van der Waals surface area contributed by atoms with E-state index in [1.54, 1.807) is 19.0 Å². The monoisotopic (exact) mass is 268 g/mol. The van der Waals surface area contributed by atoms with Crippen molar-refractivity contribution in [1.29, 1.82) is 0 Å². The average Bonchev–Trinajstić information content (AvgIpc) is 2.59. The van der Waals surface area contributed by atoms with Crippen LogP contribution in [0.2, 0.25) is 0 Å². The lowest BCUT2D eigenvalue weighted by atomic mass is 10.2. The molecule has 1 aromatic rings. The van der Waals surface area contributed by atoms with Crippen LogP contribution in [0.4, 0.5) is 10.5 Å². The van der Waals surface area contributed by atoms with E-state index in [1.165, 1.54) is 5.56 Å². The summed E-state index contributed by atoms with van der Waals surface area (Å²) < 4.78 is 1.07. The van der Waals surface area contributed by atoms with Gasteiger partial charge in [-0.05, 0) is 30.2 Å². The Morgan fingerprint density at radius 1 is 1.47 bits per heavy atom. The number of amides is 2. The fraction of sp³-hybridized carbons (Fsp3) is 0.364. The van der Waals surface area contributed by atoms with E-state index >= 15 is 0 Å². The van der Waals surface area contributed by atoms with Crippen molar-refractivity contribution in [2.75, 3.05) is 25.5 Å². The van der Waals surface area contributed by atoms with E-state index in [0.717, 1.165) is 23.1 Å². The van der Waals surface area contributed by atoms with Crippen molar-refractivity contribution in [2.24, 2.45) is 0 Å². The molecule has 0 saturated heterocycles. The quantitative estimate of drug-likeness (QED) is 0.709. The number of halogens is 1. The minimum atomic E-state index is 0.0519. The molecule has 0 aromatic heterocycles. The van der Waals surface area contributed by atoms with Crippen molar-refractivity contribution in [2.45, 2.75) is 6.42 Å². The number of hydrogen-bond donors (Lipinski definition) is 0. The summed E-state index contributed by atoms with van der Waals surface area (Å²) in [7, 11) is 3.55. The van der Waals surface area contributed by atoms with Crippen LogP contribution in [0.15, 0.2) is 22.7 Å². The van der Waals surface area contributed by atoms with Crippen LogP contribution in [0.3, 0.4) is 0 Å². The number of carbonyl (C=O) groups is 1. The zero-order valence-corrected chi connectivity index (χ0v) is 10.4. The first-order chi connectivity index (χ1) is 7.09. The Balaban J connectivity index is 2.33. The first-order valence-electron chi connectivity index (χ1n) is 4.87. The Kier molecular flexibility index (Phi) is 2.69. The molecule has 2 amide bonds. The highest BCUT2D eigenvalue weighted by Gasteiger charge is 2.25. The van der Waals surface area contributed by atoms with Crippen LogP contribution in [-0.4, -0.2) is 31.6 Å². The Hall–Kier alpha value is -1.03. The minimum absolute atomic E-state index is 0.0519. The van der Waals surface area contributed by atoms with Gasteiger partial charge in [0.1, 0.15) is 0 Å². The molecule has 0 saturated carbocycles. The summed E-state index contributed by atoms with van der Waals surface area (Å²) in [5, 5.41) is 0. The number of hydrogen-bond acceptors (Lipinski definition) is 1. The summed E-state index contributed by atoms with van der Waals surface area (Å²) in [6, 6.07) is 6.10. The molecule has 0 N–H and O–H groups in total. The summed E-state index contributed by atoms with van der Waals surface area (Å²) >= 11 is 3.44. The molecular weight excluding hydrogens is 256 g/mol. The van der Waals surface area contributed by atoms with Crippen LogP contribution in [0.25, 0.3) is 0 Å². The van der Waals surface area contributed by atoms with Gasteiger partial charge in [-0.15, -0.1) is 0 Å². The van der Waals surface area contributed by atoms with E-state index in [4.69, 9.17) is 0 Å². The Morgan fingerprint density at radius 3 is 2.87 bits per heavy atom. The van der Waals surface area contributed by atoms with Gasteiger partial charge in [0.25, 0.3) is 0 Å². The molecule has 3 nitrogen and oxygen atoms in total. The Morgan fingerprint density at radius 2 is 2.20 bits per heavy atom. The third kappa shape index (κ3) is 1.86. The molecule has 0 spiro atoms. The molecule has 0 atom stereocenters. The Labute approximate surface area is 97.8 Å². The molecule has 1 aliphatic heterocycles. The van der Waals surface area contributed by atoms with Crippen LogP contribution in [0.1, 0.15) is 5.56 Å². The first-order valence-corrected chi connectivity index (χ1v) is 5.66. The van der Waals surface area contributed by atoms with Crippen molar-refractivity contribution in [3.8, 4) is 0 Å². The third-order valence-corrected chi connectivity index (χ3v) is 3.04. The summed E-state index contributed by atoms with van der Waals surface area (Å²) in [5.74, 6) is 0. The molecule has 1 aromatic carbocycles.